The molecule has 0 radical (unpaired) electrons. The molecular formula is C17H22F2N2O3. The Morgan fingerprint density at radius 1 is 1.42 bits per heavy atom. The van der Waals surface area contributed by atoms with Crippen molar-refractivity contribution in [2.24, 2.45) is 11.3 Å². The molecule has 1 heterocycles. The van der Waals surface area contributed by atoms with E-state index in [4.69, 9.17) is 0 Å². The van der Waals surface area contributed by atoms with Gasteiger partial charge in [0.05, 0.1) is 17.7 Å². The first-order chi connectivity index (χ1) is 11.1. The number of rotatable bonds is 4. The molecule has 1 saturated heterocycles. The van der Waals surface area contributed by atoms with Gasteiger partial charge < -0.3 is 15.3 Å². The molecule has 2 unspecified atom stereocenters. The number of benzene rings is 1. The lowest BCUT2D eigenvalue weighted by Gasteiger charge is -2.26. The number of hydrogen-bond acceptors (Lipinski definition) is 3. The van der Waals surface area contributed by atoms with Crippen molar-refractivity contribution >= 4 is 17.5 Å². The van der Waals surface area contributed by atoms with Crippen LogP contribution in [0.1, 0.15) is 27.2 Å². The van der Waals surface area contributed by atoms with Gasteiger partial charge in [-0.2, -0.15) is 0 Å². The van der Waals surface area contributed by atoms with Crippen LogP contribution in [-0.2, 0) is 9.59 Å². The lowest BCUT2D eigenvalue weighted by atomic mass is 9.89. The van der Waals surface area contributed by atoms with E-state index >= 15 is 0 Å². The number of anilines is 1. The topological polar surface area (TPSA) is 69.6 Å². The highest BCUT2D eigenvalue weighted by atomic mass is 19.1. The van der Waals surface area contributed by atoms with Crippen LogP contribution in [0.3, 0.4) is 0 Å². The van der Waals surface area contributed by atoms with E-state index in [0.29, 0.717) is 6.07 Å². The Balaban J connectivity index is 2.00. The number of nitrogens with zero attached hydrogens (tertiary/aromatic N) is 1. The van der Waals surface area contributed by atoms with Crippen LogP contribution < -0.4 is 10.2 Å². The van der Waals surface area contributed by atoms with Crippen molar-refractivity contribution < 1.29 is 23.5 Å². The minimum Gasteiger partial charge on any atom is -0.391 e. The molecule has 2 rings (SSSR count). The number of nitrogens with one attached hydrogen (secondary N) is 1. The van der Waals surface area contributed by atoms with E-state index in [9.17, 15) is 23.5 Å². The Labute approximate surface area is 139 Å². The second kappa shape index (κ2) is 6.84. The Kier molecular flexibility index (Phi) is 5.22. The third-order valence-electron chi connectivity index (χ3n) is 4.17. The first kappa shape index (κ1) is 18.3. The summed E-state index contributed by atoms with van der Waals surface area (Å²) in [5.41, 5.74) is -0.409. The zero-order chi connectivity index (χ0) is 18.1. The van der Waals surface area contributed by atoms with E-state index < -0.39 is 29.6 Å². The summed E-state index contributed by atoms with van der Waals surface area (Å²) < 4.78 is 26.8. The van der Waals surface area contributed by atoms with Gasteiger partial charge in [0.2, 0.25) is 11.8 Å². The Hall–Kier alpha value is -2.02. The molecule has 2 atom stereocenters. The Morgan fingerprint density at radius 2 is 2.08 bits per heavy atom. The van der Waals surface area contributed by atoms with E-state index in [1.54, 1.807) is 0 Å². The molecule has 0 aromatic heterocycles. The Morgan fingerprint density at radius 3 is 2.67 bits per heavy atom. The minimum atomic E-state index is -0.840. The predicted octanol–water partition coefficient (Wildman–Crippen LogP) is 1.84. The minimum absolute atomic E-state index is 0.0266. The third-order valence-corrected chi connectivity index (χ3v) is 4.17. The summed E-state index contributed by atoms with van der Waals surface area (Å²) in [6.45, 7) is 5.66. The first-order valence-electron chi connectivity index (χ1n) is 7.81. The van der Waals surface area contributed by atoms with Crippen LogP contribution in [-0.4, -0.2) is 36.1 Å². The quantitative estimate of drug-likeness (QED) is 0.879. The summed E-state index contributed by atoms with van der Waals surface area (Å²) in [4.78, 5) is 25.4. The van der Waals surface area contributed by atoms with Gasteiger partial charge in [-0.15, -0.1) is 0 Å². The van der Waals surface area contributed by atoms with Crippen LogP contribution in [0.5, 0.6) is 0 Å². The molecular weight excluding hydrogens is 318 g/mol. The fourth-order valence-corrected chi connectivity index (χ4v) is 2.46. The monoisotopic (exact) mass is 340 g/mol. The van der Waals surface area contributed by atoms with Crippen LogP contribution in [0.4, 0.5) is 14.5 Å². The maximum absolute atomic E-state index is 13.8. The van der Waals surface area contributed by atoms with E-state index in [1.165, 1.54) is 6.07 Å². The molecule has 2 amide bonds. The fraction of sp³-hybridized carbons (Fsp3) is 0.529. The largest absolute Gasteiger partial charge is 0.391 e. The molecule has 132 valence electrons. The van der Waals surface area contributed by atoms with Crippen molar-refractivity contribution in [1.29, 1.82) is 0 Å². The molecule has 7 heteroatoms. The molecule has 24 heavy (non-hydrogen) atoms. The summed E-state index contributed by atoms with van der Waals surface area (Å²) in [6.07, 6.45) is -0.766. The summed E-state index contributed by atoms with van der Waals surface area (Å²) in [7, 11) is 0. The van der Waals surface area contributed by atoms with Crippen LogP contribution in [0.15, 0.2) is 18.2 Å². The summed E-state index contributed by atoms with van der Waals surface area (Å²) in [6, 6.07) is 2.96. The maximum Gasteiger partial charge on any atom is 0.227 e. The van der Waals surface area contributed by atoms with Gasteiger partial charge in [0.1, 0.15) is 11.6 Å². The van der Waals surface area contributed by atoms with Crippen LogP contribution >= 0.6 is 0 Å². The summed E-state index contributed by atoms with van der Waals surface area (Å²) in [5, 5.41) is 12.6. The molecule has 5 nitrogen and oxygen atoms in total. The summed E-state index contributed by atoms with van der Waals surface area (Å²) in [5.74, 6) is -2.95. The van der Waals surface area contributed by atoms with Crippen LogP contribution in [0.2, 0.25) is 0 Å². The molecule has 0 saturated carbocycles. The van der Waals surface area contributed by atoms with Crippen molar-refractivity contribution in [2.75, 3.05) is 18.0 Å². The van der Waals surface area contributed by atoms with Gasteiger partial charge in [-0.25, -0.2) is 8.78 Å². The average molecular weight is 340 g/mol. The van der Waals surface area contributed by atoms with Gasteiger partial charge in [-0.05, 0) is 17.5 Å². The highest BCUT2D eigenvalue weighted by Crippen LogP contribution is 2.28. The zero-order valence-corrected chi connectivity index (χ0v) is 14.0. The van der Waals surface area contributed by atoms with E-state index in [1.807, 2.05) is 20.8 Å². The van der Waals surface area contributed by atoms with Gasteiger partial charge >= 0.3 is 0 Å². The van der Waals surface area contributed by atoms with Crippen molar-refractivity contribution in [1.82, 2.24) is 5.32 Å². The fourth-order valence-electron chi connectivity index (χ4n) is 2.46. The lowest BCUT2D eigenvalue weighted by Crippen LogP contribution is -2.42. The second-order valence-corrected chi connectivity index (χ2v) is 7.13. The third kappa shape index (κ3) is 4.08. The average Bonchev–Trinajstić information content (AvgIpc) is 2.85. The van der Waals surface area contributed by atoms with Crippen molar-refractivity contribution in [3.8, 4) is 0 Å². The van der Waals surface area contributed by atoms with Crippen LogP contribution in [0, 0.1) is 23.0 Å². The molecule has 1 aromatic rings. The lowest BCUT2D eigenvalue weighted by molar-refractivity contribution is -0.127. The highest BCUT2D eigenvalue weighted by molar-refractivity contribution is 6.00. The second-order valence-electron chi connectivity index (χ2n) is 7.13. The predicted molar refractivity (Wildman–Crippen MR) is 85.3 cm³/mol. The van der Waals surface area contributed by atoms with Gasteiger partial charge in [0, 0.05) is 25.6 Å². The standard InChI is InChI=1S/C17H22F2N2O3/c1-17(2,3)14(22)8-20-16(24)10-6-15(23)21(9-10)13-5-4-11(18)7-12(13)19/h4-5,7,10,14,22H,6,8-9H2,1-3H3,(H,20,24). The van der Waals surface area contributed by atoms with Crippen molar-refractivity contribution in [2.45, 2.75) is 33.3 Å². The van der Waals surface area contributed by atoms with Gasteiger partial charge in [0.15, 0.2) is 0 Å². The number of aliphatic hydroxyl groups excluding tert-OH is 1. The van der Waals surface area contributed by atoms with Gasteiger partial charge in [-0.1, -0.05) is 20.8 Å². The Bertz CT molecular complexity index is 643. The number of carbonyl (C=O) groups excluding carboxylic acids is 2. The zero-order valence-electron chi connectivity index (χ0n) is 14.0. The van der Waals surface area contributed by atoms with Crippen molar-refractivity contribution in [3.63, 3.8) is 0 Å². The number of aliphatic hydroxyl groups is 1. The van der Waals surface area contributed by atoms with Crippen LogP contribution in [0.25, 0.3) is 0 Å². The summed E-state index contributed by atoms with van der Waals surface area (Å²) >= 11 is 0. The van der Waals surface area contributed by atoms with Gasteiger partial charge in [-0.3, -0.25) is 9.59 Å². The van der Waals surface area contributed by atoms with E-state index in [-0.39, 0.29) is 36.5 Å². The van der Waals surface area contributed by atoms with Gasteiger partial charge in [0.25, 0.3) is 0 Å². The normalized spacial score (nSPS) is 19.5. The molecule has 1 aliphatic heterocycles. The number of carbonyl (C=O) groups is 2. The van der Waals surface area contributed by atoms with E-state index in [0.717, 1.165) is 11.0 Å². The van der Waals surface area contributed by atoms with E-state index in [2.05, 4.69) is 5.32 Å². The first-order valence-corrected chi connectivity index (χ1v) is 7.81. The molecule has 1 aliphatic rings. The smallest absolute Gasteiger partial charge is 0.227 e. The number of hydrogen-bond donors (Lipinski definition) is 2. The number of amides is 2. The molecule has 0 aliphatic carbocycles. The maximum atomic E-state index is 13.8. The SMILES string of the molecule is CC(C)(C)C(O)CNC(=O)C1CC(=O)N(c2ccc(F)cc2F)C1. The molecule has 1 aromatic carbocycles. The molecule has 0 spiro atoms. The van der Waals surface area contributed by atoms with Crippen molar-refractivity contribution in [3.05, 3.63) is 29.8 Å². The molecule has 1 fully saturated rings. The highest BCUT2D eigenvalue weighted by Gasteiger charge is 2.36. The number of halogens is 2. The molecule has 0 bridgehead atoms. The molecule has 2 N–H and O–H groups in total.